The van der Waals surface area contributed by atoms with Crippen molar-refractivity contribution in [3.8, 4) is 0 Å². The van der Waals surface area contributed by atoms with E-state index in [1.54, 1.807) is 0 Å². The minimum absolute atomic E-state index is 0.286. The van der Waals surface area contributed by atoms with Gasteiger partial charge in [0.25, 0.3) is 0 Å². The van der Waals surface area contributed by atoms with Gasteiger partial charge in [0, 0.05) is 0 Å². The third-order valence-corrected chi connectivity index (χ3v) is 2.34. The molecule has 0 saturated heterocycles. The molecule has 0 aromatic rings. The molecule has 1 nitrogen and oxygen atoms in total. The Labute approximate surface area is 60.4 Å². The molecule has 1 N–H and O–H groups in total. The van der Waals surface area contributed by atoms with Gasteiger partial charge in [0.05, 0.1) is 0 Å². The molecule has 0 aliphatic rings. The van der Waals surface area contributed by atoms with Gasteiger partial charge in [-0.15, -0.1) is 0 Å². The zero-order valence-corrected chi connectivity index (χ0v) is 7.34. The molecule has 0 aliphatic carbocycles. The van der Waals surface area contributed by atoms with Crippen LogP contribution in [-0.2, 0) is 17.0 Å². The maximum atomic E-state index is 3.09. The quantitative estimate of drug-likeness (QED) is 0.586. The summed E-state index contributed by atoms with van der Waals surface area (Å²) in [6.45, 7) is 6.53. The zero-order chi connectivity index (χ0) is 6.78. The summed E-state index contributed by atoms with van der Waals surface area (Å²) >= 11 is 2.54. The standard InChI is InChI=1S/C6H13N.V/c1-6(2,3)5-7-4;/h7H,1-4H3;. The first-order valence-corrected chi connectivity index (χ1v) is 3.42. The second-order valence-corrected chi connectivity index (χ2v) is 3.55. The zero-order valence-electron chi connectivity index (χ0n) is 5.95. The molecule has 0 amide bonds. The van der Waals surface area contributed by atoms with E-state index in [2.05, 4.69) is 43.1 Å². The average Bonchev–Trinajstić information content (AvgIpc) is 1.62. The monoisotopic (exact) mass is 150 g/mol. The third-order valence-electron chi connectivity index (χ3n) is 0.947. The van der Waals surface area contributed by atoms with Crippen LogP contribution in [0.3, 0.4) is 0 Å². The van der Waals surface area contributed by atoms with Crippen LogP contribution in [0.4, 0.5) is 0 Å². The molecule has 0 aromatic heterocycles. The Morgan fingerprint density at radius 3 is 1.75 bits per heavy atom. The van der Waals surface area contributed by atoms with Crippen LogP contribution in [-0.4, -0.2) is 11.4 Å². The molecule has 47 valence electrons. The predicted octanol–water partition coefficient (Wildman–Crippen LogP) is 0.929. The van der Waals surface area contributed by atoms with Crippen molar-refractivity contribution in [3.63, 3.8) is 0 Å². The molecule has 0 heterocycles. The van der Waals surface area contributed by atoms with Gasteiger partial charge in [-0.2, -0.15) is 0 Å². The van der Waals surface area contributed by atoms with Gasteiger partial charge >= 0.3 is 59.9 Å². The fourth-order valence-electron chi connectivity index (χ4n) is 0.375. The van der Waals surface area contributed by atoms with Crippen molar-refractivity contribution in [2.45, 2.75) is 20.8 Å². The molecule has 0 radical (unpaired) electrons. The van der Waals surface area contributed by atoms with Crippen LogP contribution >= 0.6 is 0 Å². The van der Waals surface area contributed by atoms with Crippen LogP contribution < -0.4 is 5.32 Å². The first kappa shape index (κ1) is 8.41. The van der Waals surface area contributed by atoms with Crippen molar-refractivity contribution in [2.75, 3.05) is 7.05 Å². The average molecular weight is 150 g/mol. The summed E-state index contributed by atoms with van der Waals surface area (Å²) in [5.41, 5.74) is 0.286. The van der Waals surface area contributed by atoms with Crippen LogP contribution in [0.25, 0.3) is 0 Å². The number of hydrogen-bond donors (Lipinski definition) is 1. The molecule has 0 fully saturated rings. The first-order valence-electron chi connectivity index (χ1n) is 2.72. The van der Waals surface area contributed by atoms with Gasteiger partial charge in [0.2, 0.25) is 0 Å². The fraction of sp³-hybridized carbons (Fsp3) is 0.833. The molecule has 2 heteroatoms. The Balaban J connectivity index is 3.82. The van der Waals surface area contributed by atoms with E-state index in [0.29, 0.717) is 0 Å². The van der Waals surface area contributed by atoms with Gasteiger partial charge in [-0.25, -0.2) is 0 Å². The van der Waals surface area contributed by atoms with E-state index in [0.717, 1.165) is 0 Å². The summed E-state index contributed by atoms with van der Waals surface area (Å²) in [6.07, 6.45) is 0. The molecule has 0 rings (SSSR count). The molecular weight excluding hydrogens is 137 g/mol. The van der Waals surface area contributed by atoms with Crippen molar-refractivity contribution in [1.82, 2.24) is 5.32 Å². The molecule has 8 heavy (non-hydrogen) atoms. The van der Waals surface area contributed by atoms with Gasteiger partial charge in [0.15, 0.2) is 0 Å². The van der Waals surface area contributed by atoms with Gasteiger partial charge in [-0.1, -0.05) is 0 Å². The Hall–Kier alpha value is 0.414. The van der Waals surface area contributed by atoms with Crippen LogP contribution in [0.2, 0.25) is 0 Å². The molecule has 0 aliphatic heterocycles. The topological polar surface area (TPSA) is 12.0 Å². The van der Waals surface area contributed by atoms with Crippen LogP contribution in [0.5, 0.6) is 0 Å². The minimum atomic E-state index is 0.286. The molecule has 0 spiro atoms. The van der Waals surface area contributed by atoms with Gasteiger partial charge in [0.1, 0.15) is 0 Å². The SMILES string of the molecule is CN[C](=[V])C(C)(C)C. The van der Waals surface area contributed by atoms with E-state index in [4.69, 9.17) is 0 Å². The van der Waals surface area contributed by atoms with Gasteiger partial charge in [-0.05, 0) is 0 Å². The number of nitrogens with one attached hydrogen (secondary N) is 1. The summed E-state index contributed by atoms with van der Waals surface area (Å²) in [7, 11) is 1.94. The van der Waals surface area contributed by atoms with Crippen molar-refractivity contribution >= 4 is 4.35 Å². The normalized spacial score (nSPS) is 11.4. The van der Waals surface area contributed by atoms with Crippen molar-refractivity contribution in [3.05, 3.63) is 0 Å². The predicted molar refractivity (Wildman–Crippen MR) is 33.5 cm³/mol. The summed E-state index contributed by atoms with van der Waals surface area (Å²) in [5.74, 6) is 0. The molecule has 0 saturated carbocycles. The number of hydrogen-bond acceptors (Lipinski definition) is 1. The summed E-state index contributed by atoms with van der Waals surface area (Å²) in [6, 6.07) is 0. The first-order chi connectivity index (χ1) is 3.48. The van der Waals surface area contributed by atoms with Crippen LogP contribution in [0, 0.1) is 5.41 Å². The van der Waals surface area contributed by atoms with Crippen LogP contribution in [0.15, 0.2) is 0 Å². The van der Waals surface area contributed by atoms with Crippen LogP contribution in [0.1, 0.15) is 20.8 Å². The molecular formula is C6H13NV. The molecule has 0 atom stereocenters. The van der Waals surface area contributed by atoms with Crippen molar-refractivity contribution < 1.29 is 17.0 Å². The van der Waals surface area contributed by atoms with Gasteiger partial charge < -0.3 is 0 Å². The van der Waals surface area contributed by atoms with E-state index in [-0.39, 0.29) is 5.41 Å². The summed E-state index contributed by atoms with van der Waals surface area (Å²) < 4.78 is 1.27. The Morgan fingerprint density at radius 2 is 1.75 bits per heavy atom. The van der Waals surface area contributed by atoms with E-state index in [1.807, 2.05) is 7.05 Å². The Bertz CT molecular complexity index is 91.2. The van der Waals surface area contributed by atoms with E-state index >= 15 is 0 Å². The Morgan fingerprint density at radius 1 is 1.38 bits per heavy atom. The third kappa shape index (κ3) is 2.66. The molecule has 0 bridgehead atoms. The second kappa shape index (κ2) is 2.81. The van der Waals surface area contributed by atoms with Crippen molar-refractivity contribution in [2.24, 2.45) is 5.41 Å². The fourth-order valence-corrected chi connectivity index (χ4v) is 0.375. The van der Waals surface area contributed by atoms with E-state index in [1.165, 1.54) is 4.35 Å². The second-order valence-electron chi connectivity index (χ2n) is 2.85. The Kier molecular flexibility index (Phi) is 2.96. The van der Waals surface area contributed by atoms with Crippen molar-refractivity contribution in [1.29, 1.82) is 0 Å². The maximum absolute atomic E-state index is 3.09. The van der Waals surface area contributed by atoms with E-state index < -0.39 is 0 Å². The molecule has 0 aromatic carbocycles. The van der Waals surface area contributed by atoms with Gasteiger partial charge in [-0.3, -0.25) is 0 Å². The van der Waals surface area contributed by atoms with E-state index in [9.17, 15) is 0 Å². The molecule has 0 unspecified atom stereocenters. The summed E-state index contributed by atoms with van der Waals surface area (Å²) in [5, 5.41) is 3.09. The number of rotatable bonds is 1. The summed E-state index contributed by atoms with van der Waals surface area (Å²) in [4.78, 5) is 0.